The van der Waals surface area contributed by atoms with E-state index in [1.807, 2.05) is 4.98 Å². The van der Waals surface area contributed by atoms with Crippen molar-refractivity contribution >= 4 is 22.8 Å². The number of ether oxygens (including phenoxy) is 1. The summed E-state index contributed by atoms with van der Waals surface area (Å²) >= 11 is 5.85. The molecule has 2 aromatic heterocycles. The number of nitrogens with zero attached hydrogens (tertiary/aromatic N) is 3. The summed E-state index contributed by atoms with van der Waals surface area (Å²) < 4.78 is 46.2. The number of aliphatic hydroxyl groups is 1. The van der Waals surface area contributed by atoms with Gasteiger partial charge in [0.1, 0.15) is 17.3 Å². The van der Waals surface area contributed by atoms with Crippen LogP contribution in [0.25, 0.3) is 22.6 Å². The monoisotopic (exact) mass is 480 g/mol. The summed E-state index contributed by atoms with van der Waals surface area (Å²) in [6.07, 6.45) is -7.75. The topological polar surface area (TPSA) is 102 Å². The minimum Gasteiger partial charge on any atom is -0.457 e. The minimum absolute atomic E-state index is 0.111. The molecule has 0 aliphatic rings. The predicted molar refractivity (Wildman–Crippen MR) is 115 cm³/mol. The lowest BCUT2D eigenvalue weighted by atomic mass is 10.2. The van der Waals surface area contributed by atoms with Gasteiger partial charge in [-0.25, -0.2) is 9.78 Å². The standard InChI is InChI=1S/C21H16ClF3N4O4/c1-28-16-18(29(20(32)27-19(16)31)10-15(30)21(23,24)25)26-17(28)11-2-6-13(7-3-11)33-14-8-4-12(22)5-9-14/h2-9,15,30H,10H2,1H3,(H,27,31,32). The maximum Gasteiger partial charge on any atom is 0.416 e. The van der Waals surface area contributed by atoms with Crippen molar-refractivity contribution in [2.24, 2.45) is 7.05 Å². The van der Waals surface area contributed by atoms with Gasteiger partial charge in [-0.1, -0.05) is 11.6 Å². The van der Waals surface area contributed by atoms with Crippen molar-refractivity contribution in [3.05, 3.63) is 74.4 Å². The van der Waals surface area contributed by atoms with Gasteiger partial charge in [0.2, 0.25) is 0 Å². The zero-order chi connectivity index (χ0) is 23.9. The van der Waals surface area contributed by atoms with Crippen LogP contribution >= 0.6 is 11.6 Å². The van der Waals surface area contributed by atoms with Gasteiger partial charge in [-0.15, -0.1) is 0 Å². The number of aryl methyl sites for hydroxylation is 1. The highest BCUT2D eigenvalue weighted by Crippen LogP contribution is 2.28. The Morgan fingerprint density at radius 2 is 1.67 bits per heavy atom. The van der Waals surface area contributed by atoms with Crippen molar-refractivity contribution in [3.8, 4) is 22.9 Å². The molecule has 4 rings (SSSR count). The molecule has 0 amide bonds. The van der Waals surface area contributed by atoms with Gasteiger partial charge in [0.05, 0.1) is 6.54 Å². The van der Waals surface area contributed by atoms with Crippen molar-refractivity contribution in [2.45, 2.75) is 18.8 Å². The number of aliphatic hydroxyl groups excluding tert-OH is 1. The Morgan fingerprint density at radius 1 is 1.09 bits per heavy atom. The van der Waals surface area contributed by atoms with E-state index in [1.165, 1.54) is 11.6 Å². The van der Waals surface area contributed by atoms with Crippen molar-refractivity contribution in [1.82, 2.24) is 19.1 Å². The van der Waals surface area contributed by atoms with Crippen molar-refractivity contribution in [3.63, 3.8) is 0 Å². The Balaban J connectivity index is 1.72. The second kappa shape index (κ2) is 8.41. The molecule has 1 atom stereocenters. The summed E-state index contributed by atoms with van der Waals surface area (Å²) in [5.74, 6) is 1.30. The highest BCUT2D eigenvalue weighted by atomic mass is 35.5. The van der Waals surface area contributed by atoms with Crippen LogP contribution in [0.1, 0.15) is 0 Å². The second-order valence-corrected chi connectivity index (χ2v) is 7.61. The number of alkyl halides is 3. The lowest BCUT2D eigenvalue weighted by molar-refractivity contribution is -0.207. The molecule has 33 heavy (non-hydrogen) atoms. The molecule has 0 saturated carbocycles. The molecule has 0 radical (unpaired) electrons. The number of hydrogen-bond acceptors (Lipinski definition) is 5. The Hall–Kier alpha value is -3.57. The molecule has 172 valence electrons. The van der Waals surface area contributed by atoms with Crippen LogP contribution in [-0.2, 0) is 13.6 Å². The highest BCUT2D eigenvalue weighted by molar-refractivity contribution is 6.30. The molecular weight excluding hydrogens is 465 g/mol. The van der Waals surface area contributed by atoms with Crippen LogP contribution in [0.4, 0.5) is 13.2 Å². The molecule has 8 nitrogen and oxygen atoms in total. The normalized spacial score (nSPS) is 12.8. The first-order valence-electron chi connectivity index (χ1n) is 9.53. The van der Waals surface area contributed by atoms with Gasteiger partial charge in [0.15, 0.2) is 17.3 Å². The highest BCUT2D eigenvalue weighted by Gasteiger charge is 2.39. The molecule has 0 aliphatic carbocycles. The smallest absolute Gasteiger partial charge is 0.416 e. The van der Waals surface area contributed by atoms with Crippen LogP contribution in [-0.4, -0.2) is 36.5 Å². The number of H-pyrrole nitrogens is 1. The van der Waals surface area contributed by atoms with Gasteiger partial charge in [-0.05, 0) is 48.5 Å². The molecule has 0 spiro atoms. The Kier molecular flexibility index (Phi) is 5.76. The quantitative estimate of drug-likeness (QED) is 0.455. The molecule has 2 N–H and O–H groups in total. The predicted octanol–water partition coefficient (Wildman–Crippen LogP) is 3.46. The van der Waals surface area contributed by atoms with Crippen LogP contribution in [0, 0.1) is 0 Å². The zero-order valence-corrected chi connectivity index (χ0v) is 17.7. The first kappa shape index (κ1) is 22.6. The molecular formula is C21H16ClF3N4O4. The fourth-order valence-corrected chi connectivity index (χ4v) is 3.39. The van der Waals surface area contributed by atoms with E-state index in [9.17, 15) is 27.9 Å². The molecule has 12 heteroatoms. The maximum atomic E-state index is 12.8. The van der Waals surface area contributed by atoms with E-state index in [0.717, 1.165) is 0 Å². The first-order valence-corrected chi connectivity index (χ1v) is 9.90. The van der Waals surface area contributed by atoms with Crippen LogP contribution in [0.5, 0.6) is 11.5 Å². The summed E-state index contributed by atoms with van der Waals surface area (Å²) in [4.78, 5) is 30.7. The summed E-state index contributed by atoms with van der Waals surface area (Å²) in [7, 11) is 1.49. The van der Waals surface area contributed by atoms with E-state index >= 15 is 0 Å². The van der Waals surface area contributed by atoms with E-state index in [4.69, 9.17) is 16.3 Å². The van der Waals surface area contributed by atoms with Crippen molar-refractivity contribution < 1.29 is 23.0 Å². The molecule has 2 aromatic carbocycles. The fourth-order valence-electron chi connectivity index (χ4n) is 3.26. The number of halogens is 4. The third-order valence-corrected chi connectivity index (χ3v) is 5.16. The van der Waals surface area contributed by atoms with Crippen LogP contribution in [0.15, 0.2) is 58.1 Å². The maximum absolute atomic E-state index is 12.8. The number of imidazole rings is 1. The van der Waals surface area contributed by atoms with E-state index in [2.05, 4.69) is 4.98 Å². The molecule has 0 saturated heterocycles. The first-order chi connectivity index (χ1) is 15.5. The fraction of sp³-hybridized carbons (Fsp3) is 0.190. The van der Waals surface area contributed by atoms with Gasteiger partial charge in [0.25, 0.3) is 5.56 Å². The average Bonchev–Trinajstić information content (AvgIpc) is 3.10. The Bertz CT molecular complexity index is 1420. The average molecular weight is 481 g/mol. The second-order valence-electron chi connectivity index (χ2n) is 7.17. The molecule has 0 bridgehead atoms. The van der Waals surface area contributed by atoms with E-state index in [1.54, 1.807) is 48.5 Å². The Labute approximate surface area is 188 Å². The van der Waals surface area contributed by atoms with E-state index in [0.29, 0.717) is 26.7 Å². The number of hydrogen-bond donors (Lipinski definition) is 2. The number of aromatic nitrogens is 4. The van der Waals surface area contributed by atoms with Gasteiger partial charge in [-0.2, -0.15) is 13.2 Å². The third kappa shape index (κ3) is 4.50. The van der Waals surface area contributed by atoms with Gasteiger partial charge < -0.3 is 14.4 Å². The SMILES string of the molecule is Cn1c(-c2ccc(Oc3ccc(Cl)cc3)cc2)nc2c1c(=O)[nH]c(=O)n2CC(O)C(F)(F)F. The molecule has 0 fully saturated rings. The third-order valence-electron chi connectivity index (χ3n) is 4.91. The van der Waals surface area contributed by atoms with E-state index < -0.39 is 30.1 Å². The lowest BCUT2D eigenvalue weighted by Gasteiger charge is -2.15. The summed E-state index contributed by atoms with van der Waals surface area (Å²) in [6, 6.07) is 13.3. The molecule has 4 aromatic rings. The molecule has 0 aliphatic heterocycles. The number of fused-ring (bicyclic) bond motifs is 1. The molecule has 2 heterocycles. The van der Waals surface area contributed by atoms with E-state index in [-0.39, 0.29) is 17.0 Å². The van der Waals surface area contributed by atoms with Crippen LogP contribution in [0.3, 0.4) is 0 Å². The summed E-state index contributed by atoms with van der Waals surface area (Å²) in [6.45, 7) is -1.11. The van der Waals surface area contributed by atoms with Gasteiger partial charge in [-0.3, -0.25) is 14.3 Å². The number of benzene rings is 2. The number of nitrogens with one attached hydrogen (secondary N) is 1. The number of aromatic amines is 1. The molecule has 1 unspecified atom stereocenters. The van der Waals surface area contributed by atoms with Gasteiger partial charge in [0, 0.05) is 17.6 Å². The minimum atomic E-state index is -4.95. The lowest BCUT2D eigenvalue weighted by Crippen LogP contribution is -2.39. The summed E-state index contributed by atoms with van der Waals surface area (Å²) in [5, 5.41) is 9.99. The summed E-state index contributed by atoms with van der Waals surface area (Å²) in [5.41, 5.74) is -1.78. The van der Waals surface area contributed by atoms with Crippen molar-refractivity contribution in [1.29, 1.82) is 0 Å². The number of rotatable bonds is 5. The van der Waals surface area contributed by atoms with Crippen LogP contribution in [0.2, 0.25) is 5.02 Å². The largest absolute Gasteiger partial charge is 0.457 e. The van der Waals surface area contributed by atoms with Gasteiger partial charge >= 0.3 is 11.9 Å². The Morgan fingerprint density at radius 3 is 2.24 bits per heavy atom. The van der Waals surface area contributed by atoms with Crippen LogP contribution < -0.4 is 16.0 Å². The zero-order valence-electron chi connectivity index (χ0n) is 16.9. The van der Waals surface area contributed by atoms with Crippen molar-refractivity contribution in [2.75, 3.05) is 0 Å².